The Morgan fingerprint density at radius 3 is 2.68 bits per heavy atom. The van der Waals surface area contributed by atoms with E-state index in [0.717, 1.165) is 18.7 Å². The Morgan fingerprint density at radius 1 is 1.06 bits per heavy atom. The van der Waals surface area contributed by atoms with E-state index in [1.54, 1.807) is 47.7 Å². The summed E-state index contributed by atoms with van der Waals surface area (Å²) in [6.45, 7) is 1.33. The second kappa shape index (κ2) is 9.55. The van der Waals surface area contributed by atoms with E-state index in [2.05, 4.69) is 27.2 Å². The fraction of sp³-hybridized carbons (Fsp3) is 0.125. The van der Waals surface area contributed by atoms with Crippen LogP contribution in [0.2, 0.25) is 0 Å². The van der Waals surface area contributed by atoms with E-state index >= 15 is 0 Å². The molecule has 7 heteroatoms. The SMILES string of the molecule is O=C(NCCCn1ccnc1)c1ccc(-n2cccn2)c(C#Cc2ccc(F)cc2)c1. The third-order valence-corrected chi connectivity index (χ3v) is 4.63. The summed E-state index contributed by atoms with van der Waals surface area (Å²) >= 11 is 0. The van der Waals surface area contributed by atoms with Crippen molar-refractivity contribution in [1.82, 2.24) is 24.6 Å². The van der Waals surface area contributed by atoms with E-state index in [1.165, 1.54) is 12.1 Å². The highest BCUT2D eigenvalue weighted by atomic mass is 19.1. The molecule has 0 aliphatic carbocycles. The maximum Gasteiger partial charge on any atom is 0.251 e. The molecule has 0 spiro atoms. The minimum absolute atomic E-state index is 0.164. The van der Waals surface area contributed by atoms with Crippen molar-refractivity contribution in [2.75, 3.05) is 6.54 Å². The molecule has 0 radical (unpaired) electrons. The first kappa shape index (κ1) is 20.1. The Hall–Kier alpha value is -4.18. The lowest BCUT2D eigenvalue weighted by Gasteiger charge is -2.09. The molecule has 31 heavy (non-hydrogen) atoms. The van der Waals surface area contributed by atoms with E-state index in [0.29, 0.717) is 23.2 Å². The lowest BCUT2D eigenvalue weighted by Crippen LogP contribution is -2.25. The monoisotopic (exact) mass is 413 g/mol. The predicted molar refractivity (Wildman–Crippen MR) is 115 cm³/mol. The van der Waals surface area contributed by atoms with Crippen LogP contribution in [0.25, 0.3) is 5.69 Å². The minimum Gasteiger partial charge on any atom is -0.352 e. The lowest BCUT2D eigenvalue weighted by molar-refractivity contribution is 0.0952. The molecule has 2 aromatic carbocycles. The van der Waals surface area contributed by atoms with Crippen molar-refractivity contribution in [3.05, 3.63) is 102 Å². The Kier molecular flexibility index (Phi) is 6.19. The van der Waals surface area contributed by atoms with Crippen LogP contribution in [-0.4, -0.2) is 31.8 Å². The van der Waals surface area contributed by atoms with Gasteiger partial charge in [-0.25, -0.2) is 14.1 Å². The van der Waals surface area contributed by atoms with Crippen LogP contribution in [0.15, 0.2) is 79.6 Å². The number of hydrogen-bond acceptors (Lipinski definition) is 3. The van der Waals surface area contributed by atoms with Crippen molar-refractivity contribution < 1.29 is 9.18 Å². The first-order chi connectivity index (χ1) is 15.2. The first-order valence-corrected chi connectivity index (χ1v) is 9.85. The van der Waals surface area contributed by atoms with Crippen molar-refractivity contribution in [2.24, 2.45) is 0 Å². The topological polar surface area (TPSA) is 64.7 Å². The van der Waals surface area contributed by atoms with Crippen molar-refractivity contribution in [2.45, 2.75) is 13.0 Å². The molecular weight excluding hydrogens is 393 g/mol. The Morgan fingerprint density at radius 2 is 1.94 bits per heavy atom. The first-order valence-electron chi connectivity index (χ1n) is 9.85. The molecule has 4 rings (SSSR count). The van der Waals surface area contributed by atoms with Crippen molar-refractivity contribution >= 4 is 5.91 Å². The molecule has 0 saturated heterocycles. The molecule has 0 atom stereocenters. The van der Waals surface area contributed by atoms with Crippen LogP contribution < -0.4 is 5.32 Å². The van der Waals surface area contributed by atoms with E-state index in [-0.39, 0.29) is 11.7 Å². The molecule has 0 fully saturated rings. The standard InChI is InChI=1S/C24H20FN5O/c25-22-8-4-19(5-9-22)3-6-20-17-21(7-10-23(20)30-15-2-12-28-30)24(31)27-11-1-14-29-16-13-26-18-29/h2,4-5,7-10,12-13,15-18H,1,11,14H2,(H,27,31). The van der Waals surface area contributed by atoms with Crippen LogP contribution >= 0.6 is 0 Å². The number of aromatic nitrogens is 4. The van der Waals surface area contributed by atoms with Crippen LogP contribution in [0, 0.1) is 17.7 Å². The van der Waals surface area contributed by atoms with Gasteiger partial charge in [0, 0.05) is 49.0 Å². The summed E-state index contributed by atoms with van der Waals surface area (Å²) in [4.78, 5) is 16.6. The zero-order valence-electron chi connectivity index (χ0n) is 16.7. The lowest BCUT2D eigenvalue weighted by atomic mass is 10.1. The van der Waals surface area contributed by atoms with Crippen LogP contribution in [0.3, 0.4) is 0 Å². The molecule has 0 aliphatic heterocycles. The average molecular weight is 413 g/mol. The van der Waals surface area contributed by atoms with Crippen LogP contribution in [0.4, 0.5) is 4.39 Å². The zero-order valence-corrected chi connectivity index (χ0v) is 16.7. The molecule has 0 saturated carbocycles. The molecule has 1 amide bonds. The number of amides is 1. The molecule has 2 aromatic heterocycles. The van der Waals surface area contributed by atoms with Gasteiger partial charge in [0.1, 0.15) is 5.82 Å². The quantitative estimate of drug-likeness (QED) is 0.389. The highest BCUT2D eigenvalue weighted by Crippen LogP contribution is 2.16. The second-order valence-corrected chi connectivity index (χ2v) is 6.85. The van der Waals surface area contributed by atoms with Gasteiger partial charge in [-0.2, -0.15) is 5.10 Å². The van der Waals surface area contributed by atoms with Crippen LogP contribution in [-0.2, 0) is 6.54 Å². The summed E-state index contributed by atoms with van der Waals surface area (Å²) in [5.41, 5.74) is 2.61. The number of carbonyl (C=O) groups is 1. The van der Waals surface area contributed by atoms with Crippen molar-refractivity contribution in [3.63, 3.8) is 0 Å². The van der Waals surface area contributed by atoms with Crippen molar-refractivity contribution in [3.8, 4) is 17.5 Å². The number of benzene rings is 2. The number of hydrogen-bond donors (Lipinski definition) is 1. The number of nitrogens with one attached hydrogen (secondary N) is 1. The van der Waals surface area contributed by atoms with Crippen LogP contribution in [0.5, 0.6) is 0 Å². The summed E-state index contributed by atoms with van der Waals surface area (Å²) in [7, 11) is 0. The van der Waals surface area contributed by atoms with E-state index < -0.39 is 0 Å². The smallest absolute Gasteiger partial charge is 0.251 e. The molecule has 0 unspecified atom stereocenters. The fourth-order valence-electron chi connectivity index (χ4n) is 3.05. The number of nitrogens with zero attached hydrogens (tertiary/aromatic N) is 4. The van der Waals surface area contributed by atoms with Crippen molar-refractivity contribution in [1.29, 1.82) is 0 Å². The summed E-state index contributed by atoms with van der Waals surface area (Å²) < 4.78 is 16.8. The molecular formula is C24H20FN5O. The van der Waals surface area contributed by atoms with Gasteiger partial charge in [-0.1, -0.05) is 11.8 Å². The molecule has 0 bridgehead atoms. The fourth-order valence-corrected chi connectivity index (χ4v) is 3.05. The Balaban J connectivity index is 1.52. The summed E-state index contributed by atoms with van der Waals surface area (Å²) in [6.07, 6.45) is 9.66. The summed E-state index contributed by atoms with van der Waals surface area (Å²) in [5, 5.41) is 7.20. The molecule has 1 N–H and O–H groups in total. The minimum atomic E-state index is -0.311. The third kappa shape index (κ3) is 5.25. The number of imidazole rings is 1. The van der Waals surface area contributed by atoms with Gasteiger partial charge in [0.15, 0.2) is 0 Å². The summed E-state index contributed by atoms with van der Waals surface area (Å²) in [6, 6.07) is 13.1. The molecule has 2 heterocycles. The third-order valence-electron chi connectivity index (χ3n) is 4.63. The molecule has 6 nitrogen and oxygen atoms in total. The van der Waals surface area contributed by atoms with Gasteiger partial charge in [0.2, 0.25) is 0 Å². The largest absolute Gasteiger partial charge is 0.352 e. The van der Waals surface area contributed by atoms with Gasteiger partial charge in [-0.05, 0) is 55.0 Å². The van der Waals surface area contributed by atoms with E-state index in [4.69, 9.17) is 0 Å². The van der Waals surface area contributed by atoms with Gasteiger partial charge in [0.05, 0.1) is 17.6 Å². The van der Waals surface area contributed by atoms with E-state index in [1.807, 2.05) is 29.1 Å². The van der Waals surface area contributed by atoms with Gasteiger partial charge in [0.25, 0.3) is 5.91 Å². The molecule has 154 valence electrons. The average Bonchev–Trinajstić information content (AvgIpc) is 3.50. The molecule has 0 aliphatic rings. The van der Waals surface area contributed by atoms with Gasteiger partial charge in [-0.15, -0.1) is 0 Å². The number of rotatable bonds is 6. The Bertz CT molecular complexity index is 1200. The van der Waals surface area contributed by atoms with Gasteiger partial charge in [-0.3, -0.25) is 4.79 Å². The maximum absolute atomic E-state index is 13.1. The summed E-state index contributed by atoms with van der Waals surface area (Å²) in [5.74, 6) is 5.65. The Labute approximate surface area is 179 Å². The number of carbonyl (C=O) groups excluding carboxylic acids is 1. The van der Waals surface area contributed by atoms with Gasteiger partial charge >= 0.3 is 0 Å². The normalized spacial score (nSPS) is 10.4. The maximum atomic E-state index is 13.1. The molecule has 4 aromatic rings. The van der Waals surface area contributed by atoms with E-state index in [9.17, 15) is 9.18 Å². The highest BCUT2D eigenvalue weighted by molar-refractivity contribution is 5.95. The predicted octanol–water partition coefficient (Wildman–Crippen LogP) is 3.43. The van der Waals surface area contributed by atoms with Crippen LogP contribution in [0.1, 0.15) is 27.9 Å². The zero-order chi connectivity index (χ0) is 21.5. The van der Waals surface area contributed by atoms with Gasteiger partial charge < -0.3 is 9.88 Å². The highest BCUT2D eigenvalue weighted by Gasteiger charge is 2.10. The number of aryl methyl sites for hydroxylation is 1. The second-order valence-electron chi connectivity index (χ2n) is 6.85. The number of halogens is 1.